The van der Waals surface area contributed by atoms with Crippen molar-refractivity contribution < 1.29 is 17.0 Å². The quantitative estimate of drug-likeness (QED) is 0.460. The van der Waals surface area contributed by atoms with Gasteiger partial charge in [0.05, 0.1) is 0 Å². The summed E-state index contributed by atoms with van der Waals surface area (Å²) < 4.78 is 0. The first-order chi connectivity index (χ1) is 7.50. The first-order valence-corrected chi connectivity index (χ1v) is 9.41. The molecule has 3 heteroatoms. The summed E-state index contributed by atoms with van der Waals surface area (Å²) in [4.78, 5) is 0. The average molecular weight is 290 g/mol. The maximum absolute atomic E-state index is 4.89. The first-order valence-electron chi connectivity index (χ1n) is 5.12. The molecule has 0 radical (unpaired) electrons. The van der Waals surface area contributed by atoms with Gasteiger partial charge in [0.2, 0.25) is 0 Å². The maximum atomic E-state index is 4.89. The van der Waals surface area contributed by atoms with Gasteiger partial charge in [-0.05, 0) is 0 Å². The van der Waals surface area contributed by atoms with Crippen LogP contribution in [-0.2, 0) is 22.4 Å². The van der Waals surface area contributed by atoms with Crippen molar-refractivity contribution in [2.75, 3.05) is 0 Å². The Balaban J connectivity index is 0.000000386. The van der Waals surface area contributed by atoms with Crippen molar-refractivity contribution in [3.8, 4) is 0 Å². The monoisotopic (exact) mass is 289 g/mol. The minimum absolute atomic E-state index is 0.253. The number of halogens is 2. The molecule has 0 saturated carbocycles. The Morgan fingerprint density at radius 2 is 1.69 bits per heavy atom. The van der Waals surface area contributed by atoms with E-state index < -0.39 is 17.0 Å². The third-order valence-electron chi connectivity index (χ3n) is 2.49. The van der Waals surface area contributed by atoms with Crippen LogP contribution in [0.1, 0.15) is 26.3 Å². The average Bonchev–Trinajstić information content (AvgIpc) is 2.61. The van der Waals surface area contributed by atoms with Crippen LogP contribution in [0.4, 0.5) is 0 Å². The van der Waals surface area contributed by atoms with Crippen LogP contribution in [0.2, 0.25) is 0 Å². The van der Waals surface area contributed by atoms with E-state index in [9.17, 15) is 0 Å². The third-order valence-corrected chi connectivity index (χ3v) is 2.49. The summed E-state index contributed by atoms with van der Waals surface area (Å²) in [5.41, 5.74) is 1.70. The van der Waals surface area contributed by atoms with Crippen molar-refractivity contribution in [3.05, 3.63) is 42.0 Å². The normalized spacial score (nSPS) is 10.8. The predicted molar refractivity (Wildman–Crippen MR) is 69.9 cm³/mol. The van der Waals surface area contributed by atoms with Gasteiger partial charge in [-0.15, -0.1) is 46.7 Å². The fraction of sp³-hybridized carbons (Fsp3) is 0.308. The molecule has 16 heavy (non-hydrogen) atoms. The molecule has 0 fully saturated rings. The van der Waals surface area contributed by atoms with Crippen LogP contribution in [0.3, 0.4) is 0 Å². The van der Waals surface area contributed by atoms with Crippen molar-refractivity contribution in [2.24, 2.45) is 0 Å². The van der Waals surface area contributed by atoms with Gasteiger partial charge in [0.1, 0.15) is 0 Å². The summed E-state index contributed by atoms with van der Waals surface area (Å²) in [5, 5.41) is 2.75. The van der Waals surface area contributed by atoms with Crippen LogP contribution in [0.25, 0.3) is 10.8 Å². The molecule has 0 aliphatic carbocycles. The van der Waals surface area contributed by atoms with Crippen molar-refractivity contribution in [2.45, 2.75) is 26.2 Å². The molecule has 0 amide bonds. The van der Waals surface area contributed by atoms with Crippen LogP contribution in [0.15, 0.2) is 36.4 Å². The summed E-state index contributed by atoms with van der Waals surface area (Å²) in [5.74, 6) is 0. The van der Waals surface area contributed by atoms with Crippen molar-refractivity contribution >= 4 is 29.4 Å². The van der Waals surface area contributed by atoms with Crippen molar-refractivity contribution in [1.82, 2.24) is 0 Å². The molecular weight excluding hydrogens is 275 g/mol. The summed E-state index contributed by atoms with van der Waals surface area (Å²) in [6.07, 6.45) is 0. The van der Waals surface area contributed by atoms with E-state index in [0.29, 0.717) is 0 Å². The third kappa shape index (κ3) is 3.56. The van der Waals surface area contributed by atoms with E-state index >= 15 is 0 Å². The van der Waals surface area contributed by atoms with Crippen LogP contribution in [0.5, 0.6) is 0 Å². The minimum atomic E-state index is -0.556. The number of rotatable bonds is 0. The molecular formula is C13H15Cl2Ti-. The molecule has 0 aliphatic heterocycles. The predicted octanol–water partition coefficient (Wildman–Crippen LogP) is 5.23. The Hall–Kier alpha value is 0.124. The standard InChI is InChI=1S/C13H15.2ClH.Ti/c1-13(2,3)12-9-8-10-6-4-5-7-11(10)12;;;/h4-9H,1-3H3;2*1H;/q-1;;;+2/p-2. The zero-order valence-corrected chi connectivity index (χ0v) is 12.8. The van der Waals surface area contributed by atoms with Gasteiger partial charge in [-0.25, -0.2) is 0 Å². The van der Waals surface area contributed by atoms with Crippen LogP contribution < -0.4 is 0 Å². The molecule has 0 heterocycles. The van der Waals surface area contributed by atoms with E-state index in [1.165, 1.54) is 16.3 Å². The van der Waals surface area contributed by atoms with Gasteiger partial charge >= 0.3 is 35.6 Å². The number of benzene rings is 1. The summed E-state index contributed by atoms with van der Waals surface area (Å²) in [6, 6.07) is 13.0. The van der Waals surface area contributed by atoms with E-state index in [0.717, 1.165) is 0 Å². The molecule has 0 saturated heterocycles. The van der Waals surface area contributed by atoms with Crippen molar-refractivity contribution in [3.63, 3.8) is 0 Å². The Labute approximate surface area is 114 Å². The number of hydrogen-bond acceptors (Lipinski definition) is 0. The van der Waals surface area contributed by atoms with E-state index in [1.54, 1.807) is 0 Å². The molecule has 2 aromatic rings. The van der Waals surface area contributed by atoms with E-state index in [2.05, 4.69) is 57.2 Å². The van der Waals surface area contributed by atoms with Gasteiger partial charge in [-0.3, -0.25) is 0 Å². The zero-order valence-electron chi connectivity index (χ0n) is 9.72. The number of hydrogen-bond donors (Lipinski definition) is 0. The molecule has 0 aliphatic rings. The Morgan fingerprint density at radius 1 is 1.12 bits per heavy atom. The Kier molecular flexibility index (Phi) is 5.47. The summed E-state index contributed by atoms with van der Waals surface area (Å²) >= 11 is -0.556. The second kappa shape index (κ2) is 6.16. The Morgan fingerprint density at radius 3 is 2.25 bits per heavy atom. The summed E-state index contributed by atoms with van der Waals surface area (Å²) in [7, 11) is 9.78. The van der Waals surface area contributed by atoms with Gasteiger partial charge in [-0.2, -0.15) is 0 Å². The molecule has 0 bridgehead atoms. The number of fused-ring (bicyclic) bond motifs is 1. The van der Waals surface area contributed by atoms with Gasteiger partial charge in [0, 0.05) is 0 Å². The molecule has 2 rings (SSSR count). The Bertz CT molecular complexity index is 440. The fourth-order valence-corrected chi connectivity index (χ4v) is 1.80. The fourth-order valence-electron chi connectivity index (χ4n) is 1.80. The second-order valence-corrected chi connectivity index (χ2v) is 7.23. The van der Waals surface area contributed by atoms with Crippen molar-refractivity contribution in [1.29, 1.82) is 0 Å². The molecule has 0 N–H and O–H groups in total. The first kappa shape index (κ1) is 14.2. The molecule has 0 spiro atoms. The zero-order chi connectivity index (χ0) is 12.2. The van der Waals surface area contributed by atoms with E-state index in [4.69, 9.17) is 18.6 Å². The molecule has 86 valence electrons. The SMILES string of the molecule is CC(C)(C)c1c[cH-]c2ccccc12.[Cl][Ti][Cl]. The molecule has 0 nitrogen and oxygen atoms in total. The van der Waals surface area contributed by atoms with Crippen LogP contribution in [0, 0.1) is 0 Å². The molecule has 2 aromatic carbocycles. The second-order valence-electron chi connectivity index (χ2n) is 4.66. The van der Waals surface area contributed by atoms with Crippen LogP contribution in [-0.4, -0.2) is 0 Å². The summed E-state index contributed by atoms with van der Waals surface area (Å²) in [6.45, 7) is 6.78. The van der Waals surface area contributed by atoms with Gasteiger partial charge in [0.15, 0.2) is 0 Å². The van der Waals surface area contributed by atoms with E-state index in [1.807, 2.05) is 0 Å². The molecule has 0 unspecified atom stereocenters. The van der Waals surface area contributed by atoms with Gasteiger partial charge in [0.25, 0.3) is 0 Å². The topological polar surface area (TPSA) is 0 Å². The molecule has 0 aromatic heterocycles. The van der Waals surface area contributed by atoms with E-state index in [-0.39, 0.29) is 5.41 Å². The van der Waals surface area contributed by atoms with Crippen LogP contribution >= 0.6 is 18.6 Å². The van der Waals surface area contributed by atoms with Gasteiger partial charge in [-0.1, -0.05) is 32.3 Å². The molecule has 0 atom stereocenters. The van der Waals surface area contributed by atoms with Gasteiger partial charge < -0.3 is 0 Å².